The van der Waals surface area contributed by atoms with E-state index in [0.29, 0.717) is 30.9 Å². The van der Waals surface area contributed by atoms with Crippen molar-refractivity contribution in [3.8, 4) is 5.75 Å². The summed E-state index contributed by atoms with van der Waals surface area (Å²) in [5.74, 6) is 0.773. The van der Waals surface area contributed by atoms with Gasteiger partial charge in [0.25, 0.3) is 15.9 Å². The van der Waals surface area contributed by atoms with Crippen LogP contribution in [0.25, 0.3) is 0 Å². The molecule has 1 unspecified atom stereocenters. The number of sulfonamides is 1. The molecule has 2 aromatic rings. The molecule has 1 saturated heterocycles. The molecule has 1 atom stereocenters. The van der Waals surface area contributed by atoms with E-state index in [1.165, 1.54) is 36.4 Å². The van der Waals surface area contributed by atoms with E-state index in [1.807, 2.05) is 24.3 Å². The number of fused-ring (bicyclic) bond motifs is 1. The minimum absolute atomic E-state index is 0.0863. The summed E-state index contributed by atoms with van der Waals surface area (Å²) in [7, 11) is -2.32. The number of ether oxygens (including phenoxy) is 1. The Bertz CT molecular complexity index is 1110. The van der Waals surface area contributed by atoms with Gasteiger partial charge in [0.15, 0.2) is 0 Å². The minimum Gasteiger partial charge on any atom is -0.496 e. The van der Waals surface area contributed by atoms with E-state index in [-0.39, 0.29) is 22.4 Å². The second-order valence-corrected chi connectivity index (χ2v) is 11.0. The van der Waals surface area contributed by atoms with E-state index >= 15 is 0 Å². The van der Waals surface area contributed by atoms with Gasteiger partial charge in [0, 0.05) is 19.1 Å². The number of carbonyl (C=O) groups excluding carboxylic acids is 1. The molecule has 1 fully saturated rings. The molecule has 0 bridgehead atoms. The molecule has 2 heterocycles. The first-order valence-corrected chi connectivity index (χ1v) is 13.1. The number of nitrogens with zero attached hydrogens (tertiary/aromatic N) is 2. The van der Waals surface area contributed by atoms with Crippen molar-refractivity contribution in [1.29, 1.82) is 0 Å². The predicted molar refractivity (Wildman–Crippen MR) is 129 cm³/mol. The van der Waals surface area contributed by atoms with Crippen LogP contribution in [0.5, 0.6) is 5.75 Å². The zero-order chi connectivity index (χ0) is 23.6. The highest BCUT2D eigenvalue weighted by atomic mass is 32.2. The molecular formula is C25H33N3O4S. The Morgan fingerprint density at radius 3 is 2.61 bits per heavy atom. The number of rotatable bonds is 7. The normalized spacial score (nSPS) is 18.1. The monoisotopic (exact) mass is 471 g/mol. The number of piperidine rings is 1. The summed E-state index contributed by atoms with van der Waals surface area (Å²) in [6, 6.07) is 12.2. The van der Waals surface area contributed by atoms with Crippen LogP contribution in [0.3, 0.4) is 0 Å². The fraction of sp³-hybridized carbons (Fsp3) is 0.480. The average molecular weight is 472 g/mol. The van der Waals surface area contributed by atoms with E-state index in [9.17, 15) is 13.2 Å². The highest BCUT2D eigenvalue weighted by molar-refractivity contribution is 7.92. The highest BCUT2D eigenvalue weighted by Gasteiger charge is 2.31. The fourth-order valence-corrected chi connectivity index (χ4v) is 6.17. The molecule has 0 aliphatic carbocycles. The van der Waals surface area contributed by atoms with Crippen molar-refractivity contribution >= 4 is 21.6 Å². The van der Waals surface area contributed by atoms with Gasteiger partial charge in [-0.3, -0.25) is 14.0 Å². The van der Waals surface area contributed by atoms with Gasteiger partial charge in [-0.1, -0.05) is 25.1 Å². The molecule has 33 heavy (non-hydrogen) atoms. The van der Waals surface area contributed by atoms with E-state index in [0.717, 1.165) is 24.6 Å². The SMILES string of the molecule is COc1ccc(S(=O)(=O)N2CCc3ccccc32)cc1C(=O)NCC(C)N1CCC(C)CC1. The second-order valence-electron chi connectivity index (χ2n) is 9.10. The Kier molecular flexibility index (Phi) is 6.95. The molecular weight excluding hydrogens is 438 g/mol. The number of methoxy groups -OCH3 is 1. The number of likely N-dealkylation sites (tertiary alicyclic amines) is 1. The van der Waals surface area contributed by atoms with Gasteiger partial charge < -0.3 is 10.1 Å². The molecule has 2 aliphatic heterocycles. The van der Waals surface area contributed by atoms with Crippen LogP contribution in [0.4, 0.5) is 5.69 Å². The van der Waals surface area contributed by atoms with E-state index in [4.69, 9.17) is 4.74 Å². The van der Waals surface area contributed by atoms with Crippen LogP contribution in [-0.2, 0) is 16.4 Å². The van der Waals surface area contributed by atoms with Crippen molar-refractivity contribution in [2.45, 2.75) is 44.0 Å². The predicted octanol–water partition coefficient (Wildman–Crippen LogP) is 3.30. The Morgan fingerprint density at radius 2 is 1.88 bits per heavy atom. The third kappa shape index (κ3) is 4.87. The molecule has 1 amide bonds. The lowest BCUT2D eigenvalue weighted by Crippen LogP contribution is -2.45. The summed E-state index contributed by atoms with van der Waals surface area (Å²) in [4.78, 5) is 15.5. The highest BCUT2D eigenvalue weighted by Crippen LogP contribution is 2.34. The molecule has 0 saturated carbocycles. The quantitative estimate of drug-likeness (QED) is 0.670. The molecule has 0 radical (unpaired) electrons. The summed E-state index contributed by atoms with van der Waals surface area (Å²) < 4.78 is 33.6. The van der Waals surface area contributed by atoms with Gasteiger partial charge in [-0.2, -0.15) is 0 Å². The van der Waals surface area contributed by atoms with Crippen LogP contribution in [0, 0.1) is 5.92 Å². The van der Waals surface area contributed by atoms with Crippen LogP contribution in [0.2, 0.25) is 0 Å². The van der Waals surface area contributed by atoms with Gasteiger partial charge in [-0.05, 0) is 75.0 Å². The Balaban J connectivity index is 1.51. The minimum atomic E-state index is -3.80. The first-order valence-electron chi connectivity index (χ1n) is 11.6. The summed E-state index contributed by atoms with van der Waals surface area (Å²) in [5, 5.41) is 2.98. The van der Waals surface area contributed by atoms with E-state index in [2.05, 4.69) is 24.1 Å². The summed E-state index contributed by atoms with van der Waals surface area (Å²) in [5.41, 5.74) is 1.93. The van der Waals surface area contributed by atoms with Crippen LogP contribution in [0.15, 0.2) is 47.4 Å². The summed E-state index contributed by atoms with van der Waals surface area (Å²) in [6.07, 6.45) is 3.02. The van der Waals surface area contributed by atoms with Gasteiger partial charge in [0.05, 0.1) is 23.3 Å². The van der Waals surface area contributed by atoms with Gasteiger partial charge >= 0.3 is 0 Å². The Labute approximate surface area is 196 Å². The number of hydrogen-bond donors (Lipinski definition) is 1. The third-order valence-electron chi connectivity index (χ3n) is 6.85. The standard InChI is InChI=1S/C25H33N3O4S/c1-18-10-13-27(14-11-18)19(2)17-26-25(29)22-16-21(8-9-24(22)32-3)33(30,31)28-15-12-20-6-4-5-7-23(20)28/h4-9,16,18-19H,10-15,17H2,1-3H3,(H,26,29). The van der Waals surface area contributed by atoms with Crippen molar-refractivity contribution < 1.29 is 17.9 Å². The third-order valence-corrected chi connectivity index (χ3v) is 8.66. The zero-order valence-electron chi connectivity index (χ0n) is 19.6. The van der Waals surface area contributed by atoms with Crippen molar-refractivity contribution in [2.75, 3.05) is 37.6 Å². The number of amides is 1. The van der Waals surface area contributed by atoms with Gasteiger partial charge in [-0.15, -0.1) is 0 Å². The van der Waals surface area contributed by atoms with Gasteiger partial charge in [0.1, 0.15) is 5.75 Å². The first-order chi connectivity index (χ1) is 15.8. The molecule has 2 aliphatic rings. The summed E-state index contributed by atoms with van der Waals surface area (Å²) >= 11 is 0. The zero-order valence-corrected chi connectivity index (χ0v) is 20.4. The smallest absolute Gasteiger partial charge is 0.264 e. The average Bonchev–Trinajstić information content (AvgIpc) is 3.27. The topological polar surface area (TPSA) is 79.0 Å². The Morgan fingerprint density at radius 1 is 1.15 bits per heavy atom. The van der Waals surface area contributed by atoms with Crippen molar-refractivity contribution in [2.24, 2.45) is 5.92 Å². The number of benzene rings is 2. The lowest BCUT2D eigenvalue weighted by Gasteiger charge is -2.35. The lowest BCUT2D eigenvalue weighted by atomic mass is 9.98. The molecule has 0 spiro atoms. The molecule has 2 aromatic carbocycles. The number of para-hydroxylation sites is 1. The van der Waals surface area contributed by atoms with Crippen LogP contribution < -0.4 is 14.4 Å². The number of hydrogen-bond acceptors (Lipinski definition) is 5. The Hall–Kier alpha value is -2.58. The summed E-state index contributed by atoms with van der Waals surface area (Å²) in [6.45, 7) is 7.34. The maximum Gasteiger partial charge on any atom is 0.264 e. The maximum atomic E-state index is 13.4. The van der Waals surface area contributed by atoms with Crippen LogP contribution >= 0.6 is 0 Å². The maximum absolute atomic E-state index is 13.4. The van der Waals surface area contributed by atoms with Gasteiger partial charge in [-0.25, -0.2) is 8.42 Å². The second kappa shape index (κ2) is 9.73. The number of carbonyl (C=O) groups is 1. The number of anilines is 1. The molecule has 0 aromatic heterocycles. The van der Waals surface area contributed by atoms with Gasteiger partial charge in [0.2, 0.25) is 0 Å². The van der Waals surface area contributed by atoms with E-state index in [1.54, 1.807) is 6.07 Å². The largest absolute Gasteiger partial charge is 0.496 e. The fourth-order valence-electron chi connectivity index (χ4n) is 4.64. The lowest BCUT2D eigenvalue weighted by molar-refractivity contribution is 0.0918. The van der Waals surface area contributed by atoms with Crippen LogP contribution in [0.1, 0.15) is 42.6 Å². The van der Waals surface area contributed by atoms with E-state index < -0.39 is 10.0 Å². The van der Waals surface area contributed by atoms with Crippen LogP contribution in [-0.4, -0.2) is 58.6 Å². The van der Waals surface area contributed by atoms with Crippen molar-refractivity contribution in [1.82, 2.24) is 10.2 Å². The van der Waals surface area contributed by atoms with Crippen molar-refractivity contribution in [3.05, 3.63) is 53.6 Å². The molecule has 7 nitrogen and oxygen atoms in total. The number of nitrogens with one attached hydrogen (secondary N) is 1. The van der Waals surface area contributed by atoms with Crippen molar-refractivity contribution in [3.63, 3.8) is 0 Å². The molecule has 4 rings (SSSR count). The molecule has 178 valence electrons. The first kappa shape index (κ1) is 23.6. The molecule has 1 N–H and O–H groups in total. The molecule has 8 heteroatoms.